The van der Waals surface area contributed by atoms with Crippen LogP contribution in [0, 0.1) is 12.3 Å². The van der Waals surface area contributed by atoms with E-state index in [0.29, 0.717) is 42.6 Å². The number of nitrogens with zero attached hydrogens (tertiary/aromatic N) is 3. The average Bonchev–Trinajstić information content (AvgIpc) is 3.21. The molecule has 0 fully saturated rings. The fraction of sp³-hybridized carbons (Fsp3) is 0.375. The zero-order valence-corrected chi connectivity index (χ0v) is 18.7. The summed E-state index contributed by atoms with van der Waals surface area (Å²) in [6.07, 6.45) is 1.74. The summed E-state index contributed by atoms with van der Waals surface area (Å²) in [7, 11) is 0. The van der Waals surface area contributed by atoms with E-state index in [0.717, 1.165) is 23.5 Å². The van der Waals surface area contributed by atoms with Gasteiger partial charge in [0, 0.05) is 32.0 Å². The van der Waals surface area contributed by atoms with E-state index in [2.05, 4.69) is 4.98 Å². The predicted octanol–water partition coefficient (Wildman–Crippen LogP) is 3.64. The molecular weight excluding hydrogens is 447 g/mol. The van der Waals surface area contributed by atoms with Crippen LogP contribution >= 0.6 is 0 Å². The number of benzene rings is 1. The van der Waals surface area contributed by atoms with Gasteiger partial charge in [0.25, 0.3) is 0 Å². The van der Waals surface area contributed by atoms with Gasteiger partial charge in [-0.2, -0.15) is 13.2 Å². The van der Waals surface area contributed by atoms with Crippen LogP contribution in [0.3, 0.4) is 0 Å². The Bertz CT molecular complexity index is 1200. The molecule has 1 atom stereocenters. The largest absolute Gasteiger partial charge is 0.416 e. The van der Waals surface area contributed by atoms with Crippen molar-refractivity contribution in [3.05, 3.63) is 70.8 Å². The molecule has 34 heavy (non-hydrogen) atoms. The molecular formula is C24H26F3N5O2. The number of primary amides is 2. The first-order valence-corrected chi connectivity index (χ1v) is 11.0. The predicted molar refractivity (Wildman–Crippen MR) is 120 cm³/mol. The molecule has 0 spiro atoms. The first-order valence-electron chi connectivity index (χ1n) is 11.0. The van der Waals surface area contributed by atoms with Crippen LogP contribution in [0.4, 0.5) is 18.0 Å². The Morgan fingerprint density at radius 1 is 1.24 bits per heavy atom. The Hall–Kier alpha value is -3.56. The van der Waals surface area contributed by atoms with Crippen LogP contribution in [0.15, 0.2) is 53.9 Å². The van der Waals surface area contributed by atoms with Gasteiger partial charge in [-0.05, 0) is 60.6 Å². The summed E-state index contributed by atoms with van der Waals surface area (Å²) in [6.45, 7) is 2.73. The van der Waals surface area contributed by atoms with Crippen molar-refractivity contribution >= 4 is 17.5 Å². The minimum absolute atomic E-state index is 0.104. The number of amides is 3. The molecule has 2 heterocycles. The van der Waals surface area contributed by atoms with Crippen LogP contribution < -0.4 is 11.5 Å². The van der Waals surface area contributed by atoms with Crippen LogP contribution in [-0.4, -0.2) is 39.5 Å². The summed E-state index contributed by atoms with van der Waals surface area (Å²) in [5.41, 5.74) is 12.1. The number of carbonyl (C=O) groups is 2. The lowest BCUT2D eigenvalue weighted by atomic mass is 9.65. The normalized spacial score (nSPS) is 20.7. The summed E-state index contributed by atoms with van der Waals surface area (Å²) in [6, 6.07) is 4.51. The monoisotopic (exact) mass is 473 g/mol. The molecule has 1 unspecified atom stereocenters. The van der Waals surface area contributed by atoms with E-state index in [1.54, 1.807) is 18.3 Å². The van der Waals surface area contributed by atoms with Crippen molar-refractivity contribution in [3.63, 3.8) is 0 Å². The van der Waals surface area contributed by atoms with Gasteiger partial charge in [0.05, 0.1) is 11.0 Å². The standard InChI is InChI=1S/C24H26F3N5O2/c1-15-30-9-12-31(15)11-8-23(21(28)33)7-5-18(16-3-2-4-17(13-16)24(25,26)27)19-6-10-32(22(29)34)14-20(19)23/h2-5,9,12-13H,6-8,10-11,14H2,1H3,(H2,28,33)(H2,29,34). The number of carbonyl (C=O) groups excluding carboxylic acids is 2. The van der Waals surface area contributed by atoms with Gasteiger partial charge >= 0.3 is 12.2 Å². The summed E-state index contributed by atoms with van der Waals surface area (Å²) in [5.74, 6) is 0.246. The second-order valence-electron chi connectivity index (χ2n) is 8.73. The van der Waals surface area contributed by atoms with Gasteiger partial charge in [-0.25, -0.2) is 9.78 Å². The van der Waals surface area contributed by atoms with Crippen LogP contribution in [0.2, 0.25) is 0 Å². The van der Waals surface area contributed by atoms with E-state index >= 15 is 0 Å². The molecule has 0 saturated carbocycles. The molecule has 1 aliphatic heterocycles. The van der Waals surface area contributed by atoms with E-state index in [9.17, 15) is 22.8 Å². The molecule has 1 aromatic carbocycles. The third kappa shape index (κ3) is 4.20. The van der Waals surface area contributed by atoms with Crippen LogP contribution in [-0.2, 0) is 17.5 Å². The molecule has 3 amide bonds. The summed E-state index contributed by atoms with van der Waals surface area (Å²) < 4.78 is 41.9. The number of imidazole rings is 1. The summed E-state index contributed by atoms with van der Waals surface area (Å²) >= 11 is 0. The zero-order chi connectivity index (χ0) is 24.7. The number of allylic oxidation sites excluding steroid dienone is 2. The SMILES string of the molecule is Cc1nccn1CCC1(C(N)=O)CC=C(c2cccc(C(F)(F)F)c2)C2=C1CN(C(N)=O)CC2. The van der Waals surface area contributed by atoms with Crippen LogP contribution in [0.1, 0.15) is 36.2 Å². The van der Waals surface area contributed by atoms with Gasteiger partial charge in [-0.1, -0.05) is 18.2 Å². The molecule has 0 saturated heterocycles. The third-order valence-electron chi connectivity index (χ3n) is 6.89. The molecule has 2 aromatic rings. The van der Waals surface area contributed by atoms with Gasteiger partial charge < -0.3 is 20.9 Å². The Morgan fingerprint density at radius 3 is 2.62 bits per heavy atom. The van der Waals surface area contributed by atoms with Crippen molar-refractivity contribution in [1.29, 1.82) is 0 Å². The molecule has 4 rings (SSSR count). The van der Waals surface area contributed by atoms with Crippen molar-refractivity contribution in [1.82, 2.24) is 14.5 Å². The average molecular weight is 473 g/mol. The van der Waals surface area contributed by atoms with E-state index in [1.807, 2.05) is 17.7 Å². The number of rotatable bonds is 5. The number of alkyl halides is 3. The van der Waals surface area contributed by atoms with Gasteiger partial charge in [0.2, 0.25) is 5.91 Å². The highest BCUT2D eigenvalue weighted by atomic mass is 19.4. The van der Waals surface area contributed by atoms with Gasteiger partial charge in [-0.15, -0.1) is 0 Å². The number of halogens is 3. The third-order valence-corrected chi connectivity index (χ3v) is 6.89. The molecule has 2 aliphatic rings. The molecule has 1 aliphatic carbocycles. The van der Waals surface area contributed by atoms with Gasteiger partial charge in [0.15, 0.2) is 0 Å². The lowest BCUT2D eigenvalue weighted by molar-refractivity contribution is -0.137. The number of hydrogen-bond acceptors (Lipinski definition) is 3. The fourth-order valence-electron chi connectivity index (χ4n) is 4.94. The fourth-order valence-corrected chi connectivity index (χ4v) is 4.94. The molecule has 180 valence electrons. The quantitative estimate of drug-likeness (QED) is 0.692. The molecule has 10 heteroatoms. The molecule has 1 aromatic heterocycles. The van der Waals surface area contributed by atoms with Crippen molar-refractivity contribution < 1.29 is 22.8 Å². The lowest BCUT2D eigenvalue weighted by Gasteiger charge is -2.43. The van der Waals surface area contributed by atoms with E-state index in [1.165, 1.54) is 11.0 Å². The smallest absolute Gasteiger partial charge is 0.369 e. The van der Waals surface area contributed by atoms with Crippen LogP contribution in [0.5, 0.6) is 0 Å². The second kappa shape index (κ2) is 8.66. The molecule has 0 radical (unpaired) electrons. The topological polar surface area (TPSA) is 107 Å². The zero-order valence-electron chi connectivity index (χ0n) is 18.7. The maximum Gasteiger partial charge on any atom is 0.416 e. The van der Waals surface area contributed by atoms with E-state index < -0.39 is 29.1 Å². The van der Waals surface area contributed by atoms with Gasteiger partial charge in [0.1, 0.15) is 5.82 Å². The molecule has 7 nitrogen and oxygen atoms in total. The summed E-state index contributed by atoms with van der Waals surface area (Å²) in [4.78, 5) is 30.5. The first-order chi connectivity index (χ1) is 16.0. The molecule has 0 bridgehead atoms. The maximum atomic E-state index is 13.3. The minimum Gasteiger partial charge on any atom is -0.369 e. The van der Waals surface area contributed by atoms with Crippen molar-refractivity contribution in [2.24, 2.45) is 16.9 Å². The molecule has 4 N–H and O–H groups in total. The van der Waals surface area contributed by atoms with Gasteiger partial charge in [-0.3, -0.25) is 4.79 Å². The van der Waals surface area contributed by atoms with E-state index in [-0.39, 0.29) is 13.0 Å². The van der Waals surface area contributed by atoms with E-state index in [4.69, 9.17) is 11.5 Å². The lowest BCUT2D eigenvalue weighted by Crippen LogP contribution is -2.49. The minimum atomic E-state index is -4.47. The number of nitrogens with two attached hydrogens (primary N) is 2. The first kappa shape index (κ1) is 23.6. The Kier molecular flexibility index (Phi) is 6.01. The maximum absolute atomic E-state index is 13.3. The van der Waals surface area contributed by atoms with Crippen molar-refractivity contribution in [2.45, 2.75) is 38.9 Å². The van der Waals surface area contributed by atoms with Crippen molar-refractivity contribution in [2.75, 3.05) is 13.1 Å². The van der Waals surface area contributed by atoms with Crippen LogP contribution in [0.25, 0.3) is 5.57 Å². The number of aryl methyl sites for hydroxylation is 2. The number of urea groups is 1. The highest BCUT2D eigenvalue weighted by Gasteiger charge is 2.46. The highest BCUT2D eigenvalue weighted by Crippen LogP contribution is 2.49. The number of aromatic nitrogens is 2. The second-order valence-corrected chi connectivity index (χ2v) is 8.73. The van der Waals surface area contributed by atoms with Crippen molar-refractivity contribution in [3.8, 4) is 0 Å². The Morgan fingerprint density at radius 2 is 2.00 bits per heavy atom. The Labute approximate surface area is 194 Å². The number of hydrogen-bond donors (Lipinski definition) is 2. The Balaban J connectivity index is 1.79. The summed E-state index contributed by atoms with van der Waals surface area (Å²) in [5, 5.41) is 0. The highest BCUT2D eigenvalue weighted by molar-refractivity contribution is 5.91.